The first-order valence-electron chi connectivity index (χ1n) is 7.03. The van der Waals surface area contributed by atoms with E-state index in [-0.39, 0.29) is 4.73 Å². The maximum Gasteiger partial charge on any atom is 0.362 e. The number of nitrogens with zero attached hydrogens (tertiary/aromatic N) is 1. The number of rotatable bonds is 3. The van der Waals surface area contributed by atoms with Crippen molar-refractivity contribution in [3.63, 3.8) is 0 Å². The van der Waals surface area contributed by atoms with Crippen molar-refractivity contribution in [2.24, 2.45) is 0 Å². The summed E-state index contributed by atoms with van der Waals surface area (Å²) < 4.78 is 0.0368. The normalized spacial score (nSPS) is 10.8. The zero-order valence-electron chi connectivity index (χ0n) is 12.3. The van der Waals surface area contributed by atoms with Gasteiger partial charge in [0.2, 0.25) is 0 Å². The van der Waals surface area contributed by atoms with Crippen LogP contribution in [-0.4, -0.2) is 14.9 Å². The summed E-state index contributed by atoms with van der Waals surface area (Å²) >= 11 is 12.1. The Labute approximate surface area is 146 Å². The number of H-pyrrole nitrogens is 1. The van der Waals surface area contributed by atoms with Crippen molar-refractivity contribution in [3.8, 4) is 11.1 Å². The molecule has 0 aliphatic carbocycles. The molecule has 3 rings (SSSR count). The Morgan fingerprint density at radius 2 is 1.71 bits per heavy atom. The molecule has 1 heterocycles. The third-order valence-corrected chi connectivity index (χ3v) is 4.10. The van der Waals surface area contributed by atoms with Crippen molar-refractivity contribution >= 4 is 23.2 Å². The largest absolute Gasteiger partial charge is 0.421 e. The Hall–Kier alpha value is -2.50. The topological polar surface area (TPSA) is 75.1 Å². The fourth-order valence-corrected chi connectivity index (χ4v) is 2.90. The lowest BCUT2D eigenvalue weighted by molar-refractivity contribution is 0.160. The minimum Gasteiger partial charge on any atom is -0.421 e. The Balaban J connectivity index is 1.87. The highest BCUT2D eigenvalue weighted by molar-refractivity contribution is 6.36. The molecular formula is C17H12Cl2N2O3. The molecule has 0 aliphatic rings. The average Bonchev–Trinajstić information content (AvgIpc) is 2.54. The fourth-order valence-electron chi connectivity index (χ4n) is 2.38. The van der Waals surface area contributed by atoms with Crippen LogP contribution < -0.4 is 11.2 Å². The highest BCUT2D eigenvalue weighted by Gasteiger charge is 2.06. The molecule has 24 heavy (non-hydrogen) atoms. The van der Waals surface area contributed by atoms with Gasteiger partial charge in [-0.15, -0.1) is 0 Å². The Morgan fingerprint density at radius 3 is 2.33 bits per heavy atom. The smallest absolute Gasteiger partial charge is 0.362 e. The minimum atomic E-state index is -0.859. The summed E-state index contributed by atoms with van der Waals surface area (Å²) in [6.45, 7) is 0. The molecule has 2 aromatic carbocycles. The lowest BCUT2D eigenvalue weighted by atomic mass is 10.0. The number of hydrogen-bond donors (Lipinski definition) is 2. The van der Waals surface area contributed by atoms with Gasteiger partial charge in [0.25, 0.3) is 5.56 Å². The van der Waals surface area contributed by atoms with Gasteiger partial charge in [-0.1, -0.05) is 58.3 Å². The van der Waals surface area contributed by atoms with E-state index < -0.39 is 11.2 Å². The van der Waals surface area contributed by atoms with Crippen molar-refractivity contribution in [3.05, 3.63) is 90.7 Å². The van der Waals surface area contributed by atoms with Crippen LogP contribution in [0.15, 0.2) is 58.1 Å². The number of hydrogen-bond acceptors (Lipinski definition) is 3. The summed E-state index contributed by atoms with van der Waals surface area (Å²) in [4.78, 5) is 25.3. The zero-order chi connectivity index (χ0) is 17.3. The first-order chi connectivity index (χ1) is 11.4. The lowest BCUT2D eigenvalue weighted by Gasteiger charge is -2.07. The highest BCUT2D eigenvalue weighted by Crippen LogP contribution is 2.30. The average molecular weight is 363 g/mol. The predicted molar refractivity (Wildman–Crippen MR) is 93.2 cm³/mol. The van der Waals surface area contributed by atoms with E-state index in [1.807, 2.05) is 30.3 Å². The van der Waals surface area contributed by atoms with Crippen molar-refractivity contribution < 1.29 is 5.21 Å². The molecule has 0 radical (unpaired) electrons. The SMILES string of the molecule is O=c1cc(Cc2ccc(-c3ccc(Cl)cc3Cl)cc2)[nH]c(=O)n1O. The van der Waals surface area contributed by atoms with Crippen LogP contribution in [0.3, 0.4) is 0 Å². The molecule has 122 valence electrons. The molecule has 3 aromatic rings. The van der Waals surface area contributed by atoms with Crippen molar-refractivity contribution in [1.29, 1.82) is 0 Å². The minimum absolute atomic E-state index is 0.0368. The molecule has 0 saturated heterocycles. The zero-order valence-corrected chi connectivity index (χ0v) is 13.8. The number of aromatic nitrogens is 2. The summed E-state index contributed by atoms with van der Waals surface area (Å²) in [5, 5.41) is 10.3. The quantitative estimate of drug-likeness (QED) is 0.701. The predicted octanol–water partition coefficient (Wildman–Crippen LogP) is 3.34. The molecule has 0 amide bonds. The third kappa shape index (κ3) is 3.37. The lowest BCUT2D eigenvalue weighted by Crippen LogP contribution is -2.33. The van der Waals surface area contributed by atoms with Gasteiger partial charge in [-0.2, -0.15) is 0 Å². The van der Waals surface area contributed by atoms with E-state index in [0.717, 1.165) is 16.7 Å². The highest BCUT2D eigenvalue weighted by atomic mass is 35.5. The molecule has 0 saturated carbocycles. The number of benzene rings is 2. The van der Waals surface area contributed by atoms with Gasteiger partial charge in [0, 0.05) is 33.8 Å². The van der Waals surface area contributed by atoms with E-state index in [4.69, 9.17) is 28.4 Å². The van der Waals surface area contributed by atoms with E-state index in [1.54, 1.807) is 12.1 Å². The summed E-state index contributed by atoms with van der Waals surface area (Å²) in [6, 6.07) is 14.0. The third-order valence-electron chi connectivity index (χ3n) is 3.56. The van der Waals surface area contributed by atoms with Gasteiger partial charge in [-0.3, -0.25) is 4.79 Å². The fraction of sp³-hybridized carbons (Fsp3) is 0.0588. The van der Waals surface area contributed by atoms with Gasteiger partial charge in [-0.05, 0) is 23.3 Å². The first-order valence-corrected chi connectivity index (χ1v) is 7.78. The molecule has 0 bridgehead atoms. The Kier molecular flexibility index (Phi) is 4.46. The van der Waals surface area contributed by atoms with Crippen LogP contribution in [0.1, 0.15) is 11.3 Å². The molecular weight excluding hydrogens is 351 g/mol. The van der Waals surface area contributed by atoms with Crippen LogP contribution in [0.4, 0.5) is 0 Å². The van der Waals surface area contributed by atoms with E-state index in [9.17, 15) is 9.59 Å². The summed E-state index contributed by atoms with van der Waals surface area (Å²) in [5.41, 5.74) is 1.49. The second-order valence-corrected chi connectivity index (χ2v) is 6.09. The molecule has 0 atom stereocenters. The molecule has 0 unspecified atom stereocenters. The second kappa shape index (κ2) is 6.55. The second-order valence-electron chi connectivity index (χ2n) is 5.25. The van der Waals surface area contributed by atoms with Gasteiger partial charge < -0.3 is 10.2 Å². The molecule has 7 heteroatoms. The maximum absolute atomic E-state index is 11.4. The Morgan fingerprint density at radius 1 is 1.00 bits per heavy atom. The van der Waals surface area contributed by atoms with Crippen molar-refractivity contribution in [2.75, 3.05) is 0 Å². The standard InChI is InChI=1S/C17H12Cl2N2O3/c18-12-5-6-14(15(19)8-12)11-3-1-10(2-4-11)7-13-9-16(22)21(24)17(23)20-13/h1-6,8-9,24H,7H2,(H,20,23). The van der Waals surface area contributed by atoms with Crippen LogP contribution in [0, 0.1) is 0 Å². The van der Waals surface area contributed by atoms with Gasteiger partial charge in [-0.25, -0.2) is 4.79 Å². The summed E-state index contributed by atoms with van der Waals surface area (Å²) in [7, 11) is 0. The van der Waals surface area contributed by atoms with Crippen molar-refractivity contribution in [1.82, 2.24) is 9.71 Å². The van der Waals surface area contributed by atoms with E-state index in [1.165, 1.54) is 6.07 Å². The van der Waals surface area contributed by atoms with Gasteiger partial charge in [0.15, 0.2) is 0 Å². The number of aromatic amines is 1. The molecule has 0 fully saturated rings. The van der Waals surface area contributed by atoms with E-state index >= 15 is 0 Å². The van der Waals surface area contributed by atoms with Gasteiger partial charge in [0.05, 0.1) is 0 Å². The first kappa shape index (κ1) is 16.4. The summed E-state index contributed by atoms with van der Waals surface area (Å²) in [6.07, 6.45) is 0.361. The van der Waals surface area contributed by atoms with Gasteiger partial charge in [0.1, 0.15) is 0 Å². The van der Waals surface area contributed by atoms with Crippen LogP contribution in [0.5, 0.6) is 0 Å². The van der Waals surface area contributed by atoms with Crippen LogP contribution in [0.2, 0.25) is 10.0 Å². The monoisotopic (exact) mass is 362 g/mol. The van der Waals surface area contributed by atoms with Gasteiger partial charge >= 0.3 is 5.69 Å². The molecule has 2 N–H and O–H groups in total. The van der Waals surface area contributed by atoms with E-state index in [0.29, 0.717) is 22.2 Å². The number of nitrogens with one attached hydrogen (secondary N) is 1. The van der Waals surface area contributed by atoms with Crippen LogP contribution >= 0.6 is 23.2 Å². The molecule has 1 aromatic heterocycles. The molecule has 5 nitrogen and oxygen atoms in total. The number of halogens is 2. The van der Waals surface area contributed by atoms with E-state index in [2.05, 4.69) is 4.98 Å². The molecule has 0 spiro atoms. The molecule has 0 aliphatic heterocycles. The van der Waals surface area contributed by atoms with Crippen LogP contribution in [0.25, 0.3) is 11.1 Å². The Bertz CT molecular complexity index is 976. The summed E-state index contributed by atoms with van der Waals surface area (Å²) in [5.74, 6) is 0. The van der Waals surface area contributed by atoms with Crippen LogP contribution in [-0.2, 0) is 6.42 Å². The maximum atomic E-state index is 11.4. The van der Waals surface area contributed by atoms with Crippen molar-refractivity contribution in [2.45, 2.75) is 6.42 Å².